The van der Waals surface area contributed by atoms with Crippen molar-refractivity contribution in [3.63, 3.8) is 0 Å². The van der Waals surface area contributed by atoms with Crippen molar-refractivity contribution in [2.75, 3.05) is 31.4 Å². The molecule has 23 heavy (non-hydrogen) atoms. The maximum Gasteiger partial charge on any atom is 0.302 e. The van der Waals surface area contributed by atoms with Gasteiger partial charge in [0.2, 0.25) is 0 Å². The molecule has 3 rings (SSSR count). The number of piperidine rings is 1. The molecule has 2 aromatic heterocycles. The molecule has 0 spiro atoms. The first-order valence-electron chi connectivity index (χ1n) is 14.2. The summed E-state index contributed by atoms with van der Waals surface area (Å²) < 4.78 is 132. The number of amides is 1. The number of likely N-dealkylation sites (tertiary alicyclic amines) is 1. The van der Waals surface area contributed by atoms with Gasteiger partial charge in [-0.2, -0.15) is 0 Å². The molecule has 1 N–H and O–H groups in total. The van der Waals surface area contributed by atoms with E-state index in [9.17, 15) is 6.17 Å². The normalized spacial score (nSPS) is 42.9. The lowest BCUT2D eigenvalue weighted by atomic mass is 9.92. The molecule has 7 heteroatoms. The Kier molecular flexibility index (Phi) is 1.41. The largest absolute Gasteiger partial charge is 0.354 e. The van der Waals surface area contributed by atoms with Gasteiger partial charge in [0.25, 0.3) is 6.50 Å². The number of nitrogens with zero attached hydrogens (tertiary/aromatic N) is 5. The Hall–Kier alpha value is -2.62. The summed E-state index contributed by atoms with van der Waals surface area (Å²) >= 11 is 0. The highest BCUT2D eigenvalue weighted by Crippen LogP contribution is 2.28. The molecule has 0 bridgehead atoms. The smallest absolute Gasteiger partial charge is 0.302 e. The topological polar surface area (TPSA) is 69.5 Å². The molecule has 2 aromatic rings. The number of aromatic amines is 1. The minimum absolute atomic E-state index is 0.208. The summed E-state index contributed by atoms with van der Waals surface area (Å²) in [6, 6.07) is -2.89. The molecule has 120 valence electrons. The van der Waals surface area contributed by atoms with Crippen LogP contribution in [0.5, 0.6) is 0 Å². The average molecular weight is 328 g/mol. The summed E-state index contributed by atoms with van der Waals surface area (Å²) in [5, 5.41) is -0.280. The van der Waals surface area contributed by atoms with Crippen LogP contribution in [0, 0.1) is 12.5 Å². The van der Waals surface area contributed by atoms with Gasteiger partial charge in [-0.3, -0.25) is 4.79 Å². The van der Waals surface area contributed by atoms with Crippen molar-refractivity contribution in [1.82, 2.24) is 19.9 Å². The van der Waals surface area contributed by atoms with Crippen LogP contribution in [0.25, 0.3) is 15.9 Å². The molecular weight excluding hydrogens is 292 g/mol. The average Bonchev–Trinajstić information content (AvgIpc) is 3.18. The number of rotatable bonds is 3. The van der Waals surface area contributed by atoms with Gasteiger partial charge < -0.3 is 19.6 Å². The number of fused-ring (bicyclic) bond motifs is 1. The van der Waals surface area contributed by atoms with Crippen molar-refractivity contribution in [1.29, 1.82) is 0 Å². The minimum atomic E-state index is -4.18. The monoisotopic (exact) mass is 328 g/mol. The van der Waals surface area contributed by atoms with E-state index in [0.29, 0.717) is 0 Å². The van der Waals surface area contributed by atoms with Gasteiger partial charge in [-0.1, -0.05) is 6.85 Å². The van der Waals surface area contributed by atoms with Gasteiger partial charge in [0.1, 0.15) is 21.9 Å². The van der Waals surface area contributed by atoms with Crippen molar-refractivity contribution in [3.8, 4) is 0 Å². The van der Waals surface area contributed by atoms with Gasteiger partial charge in [0.15, 0.2) is 0 Å². The van der Waals surface area contributed by atoms with Crippen LogP contribution in [-0.4, -0.2) is 58.2 Å². The van der Waals surface area contributed by atoms with Crippen molar-refractivity contribution >= 4 is 22.8 Å². The molecule has 0 radical (unpaired) electrons. The van der Waals surface area contributed by atoms with Gasteiger partial charge >= 0.3 is 5.91 Å². The zero-order valence-corrected chi connectivity index (χ0v) is 11.4. The molecule has 0 saturated carbocycles. The van der Waals surface area contributed by atoms with E-state index in [0.717, 1.165) is 6.07 Å². The van der Waals surface area contributed by atoms with Crippen LogP contribution in [-0.2, 0) is 4.79 Å². The molecule has 1 aliphatic heterocycles. The molecule has 0 unspecified atom stereocenters. The molecule has 3 heterocycles. The number of hydrogen-bond donors (Lipinski definition) is 1. The van der Waals surface area contributed by atoms with Crippen molar-refractivity contribution in [3.05, 3.63) is 30.0 Å². The fourth-order valence-corrected chi connectivity index (χ4v) is 1.88. The number of likely N-dealkylation sites (N-methyl/N-ethyl adjacent to an activating group) is 1. The van der Waals surface area contributed by atoms with E-state index in [1.807, 2.05) is 0 Å². The first-order valence-corrected chi connectivity index (χ1v) is 6.16. The Labute approximate surface area is 157 Å². The number of aromatic nitrogens is 3. The summed E-state index contributed by atoms with van der Waals surface area (Å²) in [4.78, 5) is 24.4. The highest BCUT2D eigenvalue weighted by Gasteiger charge is 2.33. The predicted molar refractivity (Wildman–Crippen MR) is 87.9 cm³/mol. The van der Waals surface area contributed by atoms with E-state index >= 15 is 0 Å². The zero-order chi connectivity index (χ0) is 30.4. The second-order valence-corrected chi connectivity index (χ2v) is 4.27. The molecule has 2 atom stereocenters. The van der Waals surface area contributed by atoms with Crippen molar-refractivity contribution < 1.29 is 26.7 Å². The van der Waals surface area contributed by atoms with E-state index in [2.05, 4.69) is 19.8 Å². The first kappa shape index (κ1) is 5.20. The Morgan fingerprint density at radius 2 is 2.74 bits per heavy atom. The number of nitrogens with one attached hydrogen (secondary N) is 1. The third-order valence-corrected chi connectivity index (χ3v) is 2.91. The fourth-order valence-electron chi connectivity index (χ4n) is 1.88. The number of hydrogen-bond acceptors (Lipinski definition) is 4. The highest BCUT2D eigenvalue weighted by molar-refractivity contribution is 5.87. The van der Waals surface area contributed by atoms with Gasteiger partial charge in [-0.15, -0.1) is 0 Å². The van der Waals surface area contributed by atoms with E-state index in [1.54, 1.807) is 0 Å². The fraction of sp³-hybridized carbons (Fsp3) is 0.500. The first-order chi connectivity index (χ1) is 17.3. The maximum absolute atomic E-state index is 13.1. The van der Waals surface area contributed by atoms with E-state index in [-0.39, 0.29) is 15.9 Å². The molecule has 0 aliphatic carbocycles. The number of carbonyl (C=O) groups excluding carboxylic acids is 1. The maximum atomic E-state index is 13.1. The summed E-state index contributed by atoms with van der Waals surface area (Å²) in [5.41, 5.74) is -0.208. The Balaban J connectivity index is 2.58. The molecule has 7 nitrogen and oxygen atoms in total. The molecule has 1 amide bonds. The number of anilines is 1. The predicted octanol–water partition coefficient (Wildman–Crippen LogP) is 1.55. The van der Waals surface area contributed by atoms with Gasteiger partial charge in [0, 0.05) is 39.9 Å². The Morgan fingerprint density at radius 1 is 1.83 bits per heavy atom. The van der Waals surface area contributed by atoms with Crippen molar-refractivity contribution in [2.45, 2.75) is 19.2 Å². The zero-order valence-electron chi connectivity index (χ0n) is 27.4. The van der Waals surface area contributed by atoms with Crippen LogP contribution in [0.15, 0.2) is 18.6 Å². The lowest BCUT2D eigenvalue weighted by molar-refractivity contribution is -0.130. The molecular formula is C16H20N6O. The van der Waals surface area contributed by atoms with Gasteiger partial charge in [-0.05, 0) is 18.4 Å². The SMILES string of the molecule is [2H]c1nc(N(C([2H])([2H])[2H])[C@]2([2H])[C@H](C([2H])([2H])[2H])C([2H])([2H])C([2H])([2H])N(C(=O)C([2H])([2H])[N+]#[C-])C2([2H])[2H])c2cc[nH]c2n1. The second-order valence-electron chi connectivity index (χ2n) is 4.27. The van der Waals surface area contributed by atoms with Crippen LogP contribution < -0.4 is 4.90 Å². The lowest BCUT2D eigenvalue weighted by Gasteiger charge is -2.41. The highest BCUT2D eigenvalue weighted by atomic mass is 16.2. The Bertz CT molecular complexity index is 1340. The second kappa shape index (κ2) is 6.24. The summed E-state index contributed by atoms with van der Waals surface area (Å²) in [5.74, 6) is -6.46. The van der Waals surface area contributed by atoms with Crippen LogP contribution in [0.1, 0.15) is 35.2 Å². The van der Waals surface area contributed by atoms with Crippen LogP contribution in [0.4, 0.5) is 5.82 Å². The summed E-state index contributed by atoms with van der Waals surface area (Å²) in [6.07, 6.45) is -3.65. The third kappa shape index (κ3) is 2.84. The standard InChI is InChI=1S/C16H20N6O/c1-11-5-7-22(14(23)8-17-2)9-13(11)21(3)16-12-4-6-18-15(12)19-10-20-16/h4,6,10-11,13H,5,7-9H2,1,3H3,(H,18,19,20)/t11-,13+/m1/s1/i1D3,3D3,5D2,7D2,8D2,9D2,10D,13D. The Morgan fingerprint density at radius 3 is 3.52 bits per heavy atom. The summed E-state index contributed by atoms with van der Waals surface area (Å²) in [6.45, 7) is -12.6. The van der Waals surface area contributed by atoms with Crippen LogP contribution in [0.3, 0.4) is 0 Å². The summed E-state index contributed by atoms with van der Waals surface area (Å²) in [7, 11) is 0. The van der Waals surface area contributed by atoms with Crippen LogP contribution in [0.2, 0.25) is 0 Å². The number of H-pyrrole nitrogens is 1. The minimum Gasteiger partial charge on any atom is -0.354 e. The van der Waals surface area contributed by atoms with Gasteiger partial charge in [0.05, 0.1) is 15.5 Å². The van der Waals surface area contributed by atoms with E-state index < -0.39 is 74.6 Å². The lowest BCUT2D eigenvalue weighted by Crippen LogP contribution is -2.53. The quantitative estimate of drug-likeness (QED) is 0.868. The van der Waals surface area contributed by atoms with Gasteiger partial charge in [-0.25, -0.2) is 16.5 Å². The molecule has 1 aliphatic rings. The van der Waals surface area contributed by atoms with Crippen molar-refractivity contribution in [2.24, 2.45) is 5.92 Å². The third-order valence-electron chi connectivity index (χ3n) is 2.91. The van der Waals surface area contributed by atoms with E-state index in [1.165, 1.54) is 6.20 Å². The van der Waals surface area contributed by atoms with Crippen LogP contribution >= 0.6 is 0 Å². The molecule has 0 aromatic carbocycles. The molecule has 1 saturated heterocycles. The number of carbonyl (C=O) groups is 1. The van der Waals surface area contributed by atoms with E-state index in [4.69, 9.17) is 27.1 Å². The molecule has 1 fully saturated rings.